The molecule has 0 unspecified atom stereocenters. The lowest BCUT2D eigenvalue weighted by atomic mass is 10.1. The minimum absolute atomic E-state index is 0.0925. The lowest BCUT2D eigenvalue weighted by molar-refractivity contribution is -0.133. The second kappa shape index (κ2) is 9.74. The maximum Gasteiger partial charge on any atom is 0.227 e. The molecule has 1 aliphatic carbocycles. The quantitative estimate of drug-likeness (QED) is 0.662. The van der Waals surface area contributed by atoms with Crippen molar-refractivity contribution in [3.63, 3.8) is 0 Å². The van der Waals surface area contributed by atoms with Gasteiger partial charge in [-0.1, -0.05) is 12.8 Å². The van der Waals surface area contributed by atoms with Crippen LogP contribution >= 0.6 is 0 Å². The number of carbonyl (C=O) groups excluding carboxylic acids is 1. The van der Waals surface area contributed by atoms with Crippen LogP contribution in [0.5, 0.6) is 0 Å². The highest BCUT2D eigenvalue weighted by molar-refractivity contribution is 7.91. The summed E-state index contributed by atoms with van der Waals surface area (Å²) in [4.78, 5) is 28.5. The Morgan fingerprint density at radius 2 is 1.76 bits per heavy atom. The predicted octanol–water partition coefficient (Wildman–Crippen LogP) is 1.69. The molecule has 0 bridgehead atoms. The SMILES string of the molecule is O=C1CCCCN1CCNc1nc(N2CCCN(C3CCCC3)CC2)nc2c1S(=O)(=O)CC2. The Hall–Kier alpha value is -1.94. The van der Waals surface area contributed by atoms with Crippen LogP contribution in [0.4, 0.5) is 11.8 Å². The summed E-state index contributed by atoms with van der Waals surface area (Å²) in [7, 11) is -3.37. The van der Waals surface area contributed by atoms with E-state index in [-0.39, 0.29) is 16.6 Å². The molecule has 1 N–H and O–H groups in total. The zero-order valence-electron chi connectivity index (χ0n) is 19.5. The maximum absolute atomic E-state index is 12.7. The van der Waals surface area contributed by atoms with Gasteiger partial charge in [-0.25, -0.2) is 13.4 Å². The molecule has 10 heteroatoms. The van der Waals surface area contributed by atoms with E-state index in [9.17, 15) is 13.2 Å². The Bertz CT molecular complexity index is 979. The van der Waals surface area contributed by atoms with Gasteiger partial charge in [-0.3, -0.25) is 9.69 Å². The molecule has 33 heavy (non-hydrogen) atoms. The second-order valence-corrected chi connectivity index (χ2v) is 11.8. The van der Waals surface area contributed by atoms with E-state index < -0.39 is 9.84 Å². The number of anilines is 2. The van der Waals surface area contributed by atoms with E-state index in [1.807, 2.05) is 4.90 Å². The molecule has 1 aromatic heterocycles. The Morgan fingerprint density at radius 1 is 0.909 bits per heavy atom. The Labute approximate surface area is 196 Å². The number of nitrogens with zero attached hydrogens (tertiary/aromatic N) is 5. The van der Waals surface area contributed by atoms with Gasteiger partial charge in [-0.15, -0.1) is 0 Å². The Kier molecular flexibility index (Phi) is 6.74. The number of aromatic nitrogens is 2. The zero-order valence-corrected chi connectivity index (χ0v) is 20.3. The van der Waals surface area contributed by atoms with Gasteiger partial charge < -0.3 is 15.1 Å². The van der Waals surface area contributed by atoms with Crippen molar-refractivity contribution in [3.05, 3.63) is 5.69 Å². The second-order valence-electron chi connectivity index (χ2n) is 9.80. The summed E-state index contributed by atoms with van der Waals surface area (Å²) in [6, 6.07) is 0.714. The number of likely N-dealkylation sites (tertiary alicyclic amines) is 1. The van der Waals surface area contributed by atoms with Gasteiger partial charge in [0.2, 0.25) is 11.9 Å². The zero-order chi connectivity index (χ0) is 22.8. The van der Waals surface area contributed by atoms with E-state index >= 15 is 0 Å². The average Bonchev–Trinajstić information content (AvgIpc) is 3.36. The number of sulfone groups is 1. The van der Waals surface area contributed by atoms with Gasteiger partial charge in [0.25, 0.3) is 0 Å². The van der Waals surface area contributed by atoms with E-state index in [1.54, 1.807) is 0 Å². The van der Waals surface area contributed by atoms with Crippen molar-refractivity contribution in [2.45, 2.75) is 68.7 Å². The molecule has 3 fully saturated rings. The molecule has 3 aliphatic heterocycles. The number of nitrogens with one attached hydrogen (secondary N) is 1. The standard InChI is InChI=1S/C23H36N6O3S/c30-20-8-3-4-11-28(20)14-10-24-22-21-19(9-17-33(21,31)32)25-23(26-22)29-13-5-12-27(15-16-29)18-6-1-2-7-18/h18H,1-17H2,(H,24,25,26). The van der Waals surface area contributed by atoms with Crippen molar-refractivity contribution < 1.29 is 13.2 Å². The van der Waals surface area contributed by atoms with Gasteiger partial charge in [0.05, 0.1) is 11.4 Å². The number of hydrogen-bond donors (Lipinski definition) is 1. The molecular weight excluding hydrogens is 440 g/mol. The number of hydrogen-bond acceptors (Lipinski definition) is 8. The molecule has 182 valence electrons. The topological polar surface area (TPSA) is 98.7 Å². The molecule has 0 spiro atoms. The van der Waals surface area contributed by atoms with Gasteiger partial charge in [0, 0.05) is 64.7 Å². The van der Waals surface area contributed by atoms with E-state index in [0.29, 0.717) is 49.4 Å². The highest BCUT2D eigenvalue weighted by atomic mass is 32.2. The third-order valence-electron chi connectivity index (χ3n) is 7.59. The molecule has 1 aromatic rings. The Balaban J connectivity index is 1.31. The van der Waals surface area contributed by atoms with Gasteiger partial charge in [-0.2, -0.15) is 4.98 Å². The summed E-state index contributed by atoms with van der Waals surface area (Å²) in [6.45, 7) is 5.68. The summed E-state index contributed by atoms with van der Waals surface area (Å²) in [5, 5.41) is 3.26. The number of rotatable bonds is 6. The van der Waals surface area contributed by atoms with Crippen LogP contribution in [-0.2, 0) is 21.1 Å². The Morgan fingerprint density at radius 3 is 2.58 bits per heavy atom. The molecule has 1 amide bonds. The highest BCUT2D eigenvalue weighted by Crippen LogP contribution is 2.33. The largest absolute Gasteiger partial charge is 0.367 e. The van der Waals surface area contributed by atoms with E-state index in [1.165, 1.54) is 25.7 Å². The van der Waals surface area contributed by atoms with Gasteiger partial charge in [0.15, 0.2) is 15.7 Å². The first kappa shape index (κ1) is 22.8. The molecule has 0 radical (unpaired) electrons. The smallest absolute Gasteiger partial charge is 0.227 e. The molecule has 0 aromatic carbocycles. The predicted molar refractivity (Wildman–Crippen MR) is 127 cm³/mol. The van der Waals surface area contributed by atoms with Crippen molar-refractivity contribution >= 4 is 27.5 Å². The van der Waals surface area contributed by atoms with Crippen molar-refractivity contribution in [2.24, 2.45) is 0 Å². The van der Waals surface area contributed by atoms with Crippen molar-refractivity contribution in [3.8, 4) is 0 Å². The monoisotopic (exact) mass is 476 g/mol. The number of carbonyl (C=O) groups is 1. The molecule has 4 aliphatic rings. The van der Waals surface area contributed by atoms with E-state index in [0.717, 1.165) is 52.0 Å². The van der Waals surface area contributed by atoms with Crippen LogP contribution in [0.2, 0.25) is 0 Å². The average molecular weight is 477 g/mol. The lowest BCUT2D eigenvalue weighted by Crippen LogP contribution is -2.38. The van der Waals surface area contributed by atoms with Crippen LogP contribution in [0, 0.1) is 0 Å². The van der Waals surface area contributed by atoms with Gasteiger partial charge in [-0.05, 0) is 32.1 Å². The number of fused-ring (bicyclic) bond motifs is 1. The summed E-state index contributed by atoms with van der Waals surface area (Å²) in [5.41, 5.74) is 0.633. The van der Waals surface area contributed by atoms with Crippen LogP contribution in [0.3, 0.4) is 0 Å². The highest BCUT2D eigenvalue weighted by Gasteiger charge is 2.34. The van der Waals surface area contributed by atoms with Gasteiger partial charge >= 0.3 is 0 Å². The fourth-order valence-corrected chi connectivity index (χ4v) is 7.34. The molecule has 4 heterocycles. The van der Waals surface area contributed by atoms with E-state index in [4.69, 9.17) is 9.97 Å². The fourth-order valence-electron chi connectivity index (χ4n) is 5.75. The van der Waals surface area contributed by atoms with Crippen molar-refractivity contribution in [2.75, 3.05) is 61.8 Å². The molecule has 5 rings (SSSR count). The first-order chi connectivity index (χ1) is 16.0. The normalized spacial score (nSPS) is 24.2. The fraction of sp³-hybridized carbons (Fsp3) is 0.783. The first-order valence-corrected chi connectivity index (χ1v) is 14.3. The van der Waals surface area contributed by atoms with Crippen LogP contribution in [0.25, 0.3) is 0 Å². The van der Waals surface area contributed by atoms with Crippen LogP contribution in [0.1, 0.15) is 57.1 Å². The van der Waals surface area contributed by atoms with Crippen molar-refractivity contribution in [1.29, 1.82) is 0 Å². The summed E-state index contributed by atoms with van der Waals surface area (Å²) in [5.74, 6) is 1.32. The minimum atomic E-state index is -3.37. The molecule has 0 atom stereocenters. The van der Waals surface area contributed by atoms with Gasteiger partial charge in [0.1, 0.15) is 4.90 Å². The third kappa shape index (κ3) is 4.96. The van der Waals surface area contributed by atoms with Crippen LogP contribution in [0.15, 0.2) is 4.90 Å². The molecule has 9 nitrogen and oxygen atoms in total. The number of piperidine rings is 1. The molecular formula is C23H36N6O3S. The molecule has 2 saturated heterocycles. The number of aryl methyl sites for hydroxylation is 1. The summed E-state index contributed by atoms with van der Waals surface area (Å²) >= 11 is 0. The van der Waals surface area contributed by atoms with Crippen LogP contribution in [-0.4, -0.2) is 91.7 Å². The summed E-state index contributed by atoms with van der Waals surface area (Å²) < 4.78 is 25.4. The van der Waals surface area contributed by atoms with Crippen molar-refractivity contribution in [1.82, 2.24) is 19.8 Å². The maximum atomic E-state index is 12.7. The first-order valence-electron chi connectivity index (χ1n) is 12.7. The lowest BCUT2D eigenvalue weighted by Gasteiger charge is -2.28. The summed E-state index contributed by atoms with van der Waals surface area (Å²) in [6.07, 6.45) is 9.38. The van der Waals surface area contributed by atoms with Crippen LogP contribution < -0.4 is 10.2 Å². The number of amides is 1. The molecule has 1 saturated carbocycles. The third-order valence-corrected chi connectivity index (χ3v) is 9.39. The minimum Gasteiger partial charge on any atom is -0.367 e. The van der Waals surface area contributed by atoms with E-state index in [2.05, 4.69) is 15.1 Å².